The normalized spacial score (nSPS) is 28.7. The molecule has 18 heavy (non-hydrogen) atoms. The molecular formula is C17H28O. The third-order valence-electron chi connectivity index (χ3n) is 4.34. The van der Waals surface area contributed by atoms with E-state index >= 15 is 0 Å². The standard InChI is InChI=1S/C17H28O/c1-12(18)8-9-15-13(2)14(16(3,4)5)10-11-17(15,6)7/h8-9,14-15H,2,10-11H2,1,3-7H3/b9-8+. The molecule has 1 saturated carbocycles. The van der Waals surface area contributed by atoms with Crippen molar-refractivity contribution in [3.63, 3.8) is 0 Å². The van der Waals surface area contributed by atoms with Crippen LogP contribution in [0, 0.1) is 22.7 Å². The summed E-state index contributed by atoms with van der Waals surface area (Å²) in [4.78, 5) is 11.2. The summed E-state index contributed by atoms with van der Waals surface area (Å²) in [6.07, 6.45) is 6.19. The summed E-state index contributed by atoms with van der Waals surface area (Å²) in [5.74, 6) is 0.989. The summed E-state index contributed by atoms with van der Waals surface area (Å²) in [6.45, 7) is 17.4. The van der Waals surface area contributed by atoms with E-state index in [0.717, 1.165) is 0 Å². The highest BCUT2D eigenvalue weighted by atomic mass is 16.1. The summed E-state index contributed by atoms with van der Waals surface area (Å²) in [5, 5.41) is 0. The van der Waals surface area contributed by atoms with Crippen LogP contribution in [0.1, 0.15) is 54.4 Å². The Balaban J connectivity index is 3.02. The van der Waals surface area contributed by atoms with Gasteiger partial charge in [0, 0.05) is 5.92 Å². The fourth-order valence-corrected chi connectivity index (χ4v) is 3.18. The summed E-state index contributed by atoms with van der Waals surface area (Å²) in [7, 11) is 0. The van der Waals surface area contributed by atoms with Crippen molar-refractivity contribution in [3.8, 4) is 0 Å². The molecule has 0 aromatic carbocycles. The minimum atomic E-state index is 0.122. The van der Waals surface area contributed by atoms with Gasteiger partial charge in [0.15, 0.2) is 5.78 Å². The second-order valence-electron chi connectivity index (χ2n) is 7.47. The van der Waals surface area contributed by atoms with Crippen molar-refractivity contribution < 1.29 is 4.79 Å². The van der Waals surface area contributed by atoms with Crippen molar-refractivity contribution >= 4 is 5.78 Å². The molecule has 1 nitrogen and oxygen atoms in total. The van der Waals surface area contributed by atoms with Gasteiger partial charge in [-0.25, -0.2) is 0 Å². The van der Waals surface area contributed by atoms with Crippen LogP contribution in [-0.2, 0) is 4.79 Å². The number of allylic oxidation sites excluding steroid dienone is 3. The van der Waals surface area contributed by atoms with Crippen molar-refractivity contribution in [2.75, 3.05) is 0 Å². The van der Waals surface area contributed by atoms with Gasteiger partial charge in [0.1, 0.15) is 0 Å². The van der Waals surface area contributed by atoms with Gasteiger partial charge in [-0.15, -0.1) is 0 Å². The van der Waals surface area contributed by atoms with Crippen LogP contribution in [0.2, 0.25) is 0 Å². The van der Waals surface area contributed by atoms with E-state index in [2.05, 4.69) is 47.3 Å². The lowest BCUT2D eigenvalue weighted by molar-refractivity contribution is -0.112. The molecule has 0 aromatic heterocycles. The number of rotatable bonds is 2. The molecule has 1 fully saturated rings. The predicted octanol–water partition coefficient (Wildman–Crippen LogP) is 4.79. The average molecular weight is 248 g/mol. The van der Waals surface area contributed by atoms with Gasteiger partial charge in [-0.1, -0.05) is 52.8 Å². The molecule has 1 aliphatic carbocycles. The van der Waals surface area contributed by atoms with E-state index in [1.54, 1.807) is 13.0 Å². The molecule has 0 heterocycles. The highest BCUT2D eigenvalue weighted by Gasteiger charge is 2.41. The number of hydrogen-bond acceptors (Lipinski definition) is 1. The van der Waals surface area contributed by atoms with E-state index in [0.29, 0.717) is 11.8 Å². The maximum atomic E-state index is 11.2. The Morgan fingerprint density at radius 1 is 1.39 bits per heavy atom. The molecule has 1 heteroatoms. The van der Waals surface area contributed by atoms with Gasteiger partial charge < -0.3 is 0 Å². The average Bonchev–Trinajstić information content (AvgIpc) is 2.13. The number of hydrogen-bond donors (Lipinski definition) is 0. The number of ketones is 1. The molecule has 0 aliphatic heterocycles. The molecule has 1 rings (SSSR count). The zero-order valence-electron chi connectivity index (χ0n) is 12.8. The Morgan fingerprint density at radius 2 is 1.94 bits per heavy atom. The molecule has 1 aliphatic rings. The second-order valence-corrected chi connectivity index (χ2v) is 7.47. The Morgan fingerprint density at radius 3 is 2.39 bits per heavy atom. The maximum absolute atomic E-state index is 11.2. The molecule has 0 saturated heterocycles. The molecule has 0 spiro atoms. The van der Waals surface area contributed by atoms with E-state index in [-0.39, 0.29) is 16.6 Å². The van der Waals surface area contributed by atoms with Crippen LogP contribution in [0.4, 0.5) is 0 Å². The largest absolute Gasteiger partial charge is 0.295 e. The van der Waals surface area contributed by atoms with Crippen LogP contribution in [-0.4, -0.2) is 5.78 Å². The van der Waals surface area contributed by atoms with Gasteiger partial charge in [0.25, 0.3) is 0 Å². The Hall–Kier alpha value is -0.850. The first-order chi connectivity index (χ1) is 8.05. The summed E-state index contributed by atoms with van der Waals surface area (Å²) < 4.78 is 0. The number of carbonyl (C=O) groups is 1. The Bertz CT molecular complexity index is 366. The van der Waals surface area contributed by atoms with E-state index in [1.807, 2.05) is 0 Å². The highest BCUT2D eigenvalue weighted by Crippen LogP contribution is 2.51. The molecule has 0 amide bonds. The van der Waals surface area contributed by atoms with Gasteiger partial charge in [-0.3, -0.25) is 4.79 Å². The van der Waals surface area contributed by atoms with Crippen LogP contribution in [0.15, 0.2) is 24.3 Å². The smallest absolute Gasteiger partial charge is 0.152 e. The van der Waals surface area contributed by atoms with Crippen LogP contribution in [0.3, 0.4) is 0 Å². The Kier molecular flexibility index (Phi) is 4.25. The van der Waals surface area contributed by atoms with E-state index < -0.39 is 0 Å². The third-order valence-corrected chi connectivity index (χ3v) is 4.34. The topological polar surface area (TPSA) is 17.1 Å². The lowest BCUT2D eigenvalue weighted by Gasteiger charge is -2.47. The SMILES string of the molecule is C=C1C(C(C)(C)C)CCC(C)(C)C1/C=C/C(C)=O. The second kappa shape index (κ2) is 5.03. The summed E-state index contributed by atoms with van der Waals surface area (Å²) in [5.41, 5.74) is 1.77. The first-order valence-corrected chi connectivity index (χ1v) is 6.93. The van der Waals surface area contributed by atoms with Crippen molar-refractivity contribution in [2.24, 2.45) is 22.7 Å². The zero-order chi connectivity index (χ0) is 14.1. The molecule has 102 valence electrons. The van der Waals surface area contributed by atoms with Crippen LogP contribution in [0.25, 0.3) is 0 Å². The fraction of sp³-hybridized carbons (Fsp3) is 0.706. The Labute approximate surface area is 112 Å². The molecule has 0 aromatic rings. The molecule has 2 unspecified atom stereocenters. The van der Waals surface area contributed by atoms with Gasteiger partial charge >= 0.3 is 0 Å². The predicted molar refractivity (Wildman–Crippen MR) is 78.4 cm³/mol. The van der Waals surface area contributed by atoms with E-state index in [1.165, 1.54) is 18.4 Å². The van der Waals surface area contributed by atoms with Gasteiger partial charge in [0.05, 0.1) is 0 Å². The number of carbonyl (C=O) groups excluding carboxylic acids is 1. The monoisotopic (exact) mass is 248 g/mol. The zero-order valence-corrected chi connectivity index (χ0v) is 12.8. The van der Waals surface area contributed by atoms with Crippen molar-refractivity contribution in [1.82, 2.24) is 0 Å². The lowest BCUT2D eigenvalue weighted by Crippen LogP contribution is -2.37. The molecule has 0 radical (unpaired) electrons. The third kappa shape index (κ3) is 3.34. The molecule has 0 N–H and O–H groups in total. The van der Waals surface area contributed by atoms with Crippen molar-refractivity contribution in [3.05, 3.63) is 24.3 Å². The molecule has 2 atom stereocenters. The van der Waals surface area contributed by atoms with E-state index in [4.69, 9.17) is 0 Å². The van der Waals surface area contributed by atoms with Crippen molar-refractivity contribution in [2.45, 2.75) is 54.4 Å². The van der Waals surface area contributed by atoms with Gasteiger partial charge in [-0.05, 0) is 42.6 Å². The molecule has 0 bridgehead atoms. The maximum Gasteiger partial charge on any atom is 0.152 e. The van der Waals surface area contributed by atoms with Crippen LogP contribution >= 0.6 is 0 Å². The first kappa shape index (κ1) is 15.2. The lowest BCUT2D eigenvalue weighted by atomic mass is 9.58. The van der Waals surface area contributed by atoms with Gasteiger partial charge in [-0.2, -0.15) is 0 Å². The first-order valence-electron chi connectivity index (χ1n) is 6.93. The fourth-order valence-electron chi connectivity index (χ4n) is 3.18. The van der Waals surface area contributed by atoms with Crippen LogP contribution in [0.5, 0.6) is 0 Å². The minimum Gasteiger partial charge on any atom is -0.295 e. The summed E-state index contributed by atoms with van der Waals surface area (Å²) >= 11 is 0. The van der Waals surface area contributed by atoms with Gasteiger partial charge in [0.2, 0.25) is 0 Å². The molecular weight excluding hydrogens is 220 g/mol. The highest BCUT2D eigenvalue weighted by molar-refractivity contribution is 5.87. The van der Waals surface area contributed by atoms with Crippen LogP contribution < -0.4 is 0 Å². The van der Waals surface area contributed by atoms with Crippen molar-refractivity contribution in [1.29, 1.82) is 0 Å². The quantitative estimate of drug-likeness (QED) is 0.507. The van der Waals surface area contributed by atoms with E-state index in [9.17, 15) is 4.79 Å². The summed E-state index contributed by atoms with van der Waals surface area (Å²) in [6, 6.07) is 0. The minimum absolute atomic E-state index is 0.122.